The lowest BCUT2D eigenvalue weighted by atomic mass is 10.3. The molecule has 1 N–H and O–H groups in total. The third kappa shape index (κ3) is 3.89. The first-order chi connectivity index (χ1) is 6.89. The molecular weight excluding hydrogens is 214 g/mol. The fraction of sp³-hybridized carbons (Fsp3) is 0.400. The first kappa shape index (κ1) is 12.0. The molecule has 5 heteroatoms. The molecule has 4 nitrogen and oxygen atoms in total. The molecule has 0 unspecified atom stereocenters. The molecule has 0 radical (unpaired) electrons. The predicted molar refractivity (Wildman–Crippen MR) is 59.4 cm³/mol. The van der Waals surface area contributed by atoms with E-state index in [1.54, 1.807) is 18.2 Å². The van der Waals surface area contributed by atoms with Crippen LogP contribution >= 0.6 is 0 Å². The van der Waals surface area contributed by atoms with Gasteiger partial charge in [-0.2, -0.15) is 0 Å². The third-order valence-electron chi connectivity index (χ3n) is 1.67. The highest BCUT2D eigenvalue weighted by Crippen LogP contribution is 2.15. The second-order valence-electron chi connectivity index (χ2n) is 3.57. The number of hydrogen-bond acceptors (Lipinski definition) is 4. The Morgan fingerprint density at radius 1 is 1.33 bits per heavy atom. The van der Waals surface area contributed by atoms with Gasteiger partial charge in [-0.1, -0.05) is 6.07 Å². The maximum Gasteiger partial charge on any atom is 0.175 e. The van der Waals surface area contributed by atoms with E-state index >= 15 is 0 Å². The first-order valence-electron chi connectivity index (χ1n) is 4.61. The van der Waals surface area contributed by atoms with Crippen molar-refractivity contribution < 1.29 is 13.3 Å². The van der Waals surface area contributed by atoms with Gasteiger partial charge in [0.15, 0.2) is 9.84 Å². The summed E-state index contributed by atoms with van der Waals surface area (Å²) in [7, 11) is -3.16. The van der Waals surface area contributed by atoms with E-state index in [2.05, 4.69) is 5.48 Å². The molecule has 0 spiro atoms. The molecule has 1 aromatic rings. The van der Waals surface area contributed by atoms with Crippen molar-refractivity contribution in [1.82, 2.24) is 0 Å². The quantitative estimate of drug-likeness (QED) is 0.800. The van der Waals surface area contributed by atoms with Crippen LogP contribution in [0.4, 0.5) is 5.69 Å². The van der Waals surface area contributed by atoms with Crippen molar-refractivity contribution in [2.24, 2.45) is 0 Å². The van der Waals surface area contributed by atoms with Crippen LogP contribution in [0.3, 0.4) is 0 Å². The number of nitrogens with one attached hydrogen (secondary N) is 1. The average Bonchev–Trinajstić information content (AvgIpc) is 2.14. The van der Waals surface area contributed by atoms with Crippen LogP contribution in [-0.4, -0.2) is 20.8 Å². The summed E-state index contributed by atoms with van der Waals surface area (Å²) < 4.78 is 22.5. The normalized spacial score (nSPS) is 11.7. The van der Waals surface area contributed by atoms with Gasteiger partial charge in [-0.3, -0.25) is 10.3 Å². The minimum Gasteiger partial charge on any atom is -0.273 e. The van der Waals surface area contributed by atoms with E-state index in [0.717, 1.165) is 0 Å². The van der Waals surface area contributed by atoms with E-state index < -0.39 is 9.84 Å². The number of benzene rings is 1. The zero-order valence-electron chi connectivity index (χ0n) is 9.02. The summed E-state index contributed by atoms with van der Waals surface area (Å²) in [6, 6.07) is 6.51. The molecule has 15 heavy (non-hydrogen) atoms. The molecule has 0 saturated heterocycles. The SMILES string of the molecule is CC(C)ONc1cccc(S(C)(=O)=O)c1. The van der Waals surface area contributed by atoms with Crippen molar-refractivity contribution in [2.75, 3.05) is 11.7 Å². The van der Waals surface area contributed by atoms with Gasteiger partial charge in [0.1, 0.15) is 0 Å². The summed E-state index contributed by atoms with van der Waals surface area (Å²) >= 11 is 0. The molecular formula is C10H15NO3S. The van der Waals surface area contributed by atoms with E-state index in [9.17, 15) is 8.42 Å². The Labute approximate surface area is 90.1 Å². The molecule has 0 amide bonds. The molecule has 0 aliphatic heterocycles. The summed E-state index contributed by atoms with van der Waals surface area (Å²) in [4.78, 5) is 5.43. The van der Waals surface area contributed by atoms with Gasteiger partial charge in [-0.15, -0.1) is 0 Å². The Morgan fingerprint density at radius 3 is 2.53 bits per heavy atom. The Kier molecular flexibility index (Phi) is 3.71. The molecule has 0 aliphatic rings. The third-order valence-corrected chi connectivity index (χ3v) is 2.78. The molecule has 0 atom stereocenters. The fourth-order valence-corrected chi connectivity index (χ4v) is 1.64. The molecule has 0 aromatic heterocycles. The van der Waals surface area contributed by atoms with Gasteiger partial charge in [0.2, 0.25) is 0 Å². The summed E-state index contributed by atoms with van der Waals surface area (Å²) in [6.07, 6.45) is 1.21. The second kappa shape index (κ2) is 4.63. The Morgan fingerprint density at radius 2 is 2.00 bits per heavy atom. The molecule has 0 saturated carbocycles. The highest BCUT2D eigenvalue weighted by Gasteiger charge is 2.07. The van der Waals surface area contributed by atoms with E-state index in [1.807, 2.05) is 13.8 Å². The Balaban J connectivity index is 2.84. The zero-order valence-corrected chi connectivity index (χ0v) is 9.84. The fourth-order valence-electron chi connectivity index (χ4n) is 0.976. The van der Waals surface area contributed by atoms with Crippen molar-refractivity contribution >= 4 is 15.5 Å². The highest BCUT2D eigenvalue weighted by molar-refractivity contribution is 7.90. The topological polar surface area (TPSA) is 55.4 Å². The maximum atomic E-state index is 11.3. The molecule has 0 fully saturated rings. The van der Waals surface area contributed by atoms with Crippen LogP contribution in [0.1, 0.15) is 13.8 Å². The van der Waals surface area contributed by atoms with E-state index in [4.69, 9.17) is 4.84 Å². The second-order valence-corrected chi connectivity index (χ2v) is 5.58. The summed E-state index contributed by atoms with van der Waals surface area (Å²) in [5.74, 6) is 0. The summed E-state index contributed by atoms with van der Waals surface area (Å²) in [5, 5.41) is 0. The lowest BCUT2D eigenvalue weighted by molar-refractivity contribution is 0.130. The molecule has 84 valence electrons. The van der Waals surface area contributed by atoms with Crippen molar-refractivity contribution in [3.63, 3.8) is 0 Å². The lowest BCUT2D eigenvalue weighted by Crippen LogP contribution is -2.09. The van der Waals surface area contributed by atoms with Crippen LogP contribution in [0, 0.1) is 0 Å². The van der Waals surface area contributed by atoms with Gasteiger partial charge in [0.05, 0.1) is 16.7 Å². The zero-order chi connectivity index (χ0) is 11.5. The summed E-state index contributed by atoms with van der Waals surface area (Å²) in [5.41, 5.74) is 3.32. The van der Waals surface area contributed by atoms with Crippen LogP contribution in [0.2, 0.25) is 0 Å². The van der Waals surface area contributed by atoms with Crippen molar-refractivity contribution in [2.45, 2.75) is 24.8 Å². The number of rotatable bonds is 4. The molecule has 0 aliphatic carbocycles. The van der Waals surface area contributed by atoms with Gasteiger partial charge in [0, 0.05) is 6.26 Å². The van der Waals surface area contributed by atoms with Gasteiger partial charge in [0.25, 0.3) is 0 Å². The van der Waals surface area contributed by atoms with Gasteiger partial charge in [-0.05, 0) is 32.0 Å². The van der Waals surface area contributed by atoms with Gasteiger partial charge < -0.3 is 0 Å². The largest absolute Gasteiger partial charge is 0.273 e. The van der Waals surface area contributed by atoms with Gasteiger partial charge >= 0.3 is 0 Å². The van der Waals surface area contributed by atoms with Crippen LogP contribution < -0.4 is 5.48 Å². The van der Waals surface area contributed by atoms with Crippen molar-refractivity contribution in [1.29, 1.82) is 0 Å². The van der Waals surface area contributed by atoms with Crippen molar-refractivity contribution in [3.8, 4) is 0 Å². The molecule has 1 rings (SSSR count). The predicted octanol–water partition coefficient (Wildman–Crippen LogP) is 1.84. The van der Waals surface area contributed by atoms with Crippen LogP contribution in [0.5, 0.6) is 0 Å². The van der Waals surface area contributed by atoms with Crippen LogP contribution in [0.15, 0.2) is 29.2 Å². The van der Waals surface area contributed by atoms with E-state index in [1.165, 1.54) is 12.3 Å². The van der Waals surface area contributed by atoms with E-state index in [0.29, 0.717) is 5.69 Å². The number of sulfone groups is 1. The molecule has 1 aromatic carbocycles. The Bertz CT molecular complexity index is 426. The standard InChI is InChI=1S/C10H15NO3S/c1-8(2)14-11-9-5-4-6-10(7-9)15(3,12)13/h4-8,11H,1-3H3. The van der Waals surface area contributed by atoms with E-state index in [-0.39, 0.29) is 11.0 Å². The molecule has 0 bridgehead atoms. The maximum absolute atomic E-state index is 11.3. The Hall–Kier alpha value is -1.07. The van der Waals surface area contributed by atoms with Crippen molar-refractivity contribution in [3.05, 3.63) is 24.3 Å². The summed E-state index contributed by atoms with van der Waals surface area (Å²) in [6.45, 7) is 3.76. The highest BCUT2D eigenvalue weighted by atomic mass is 32.2. The average molecular weight is 229 g/mol. The minimum atomic E-state index is -3.16. The number of hydrogen-bond donors (Lipinski definition) is 1. The minimum absolute atomic E-state index is 0.0342. The van der Waals surface area contributed by atoms with Crippen LogP contribution in [-0.2, 0) is 14.7 Å². The van der Waals surface area contributed by atoms with Crippen LogP contribution in [0.25, 0.3) is 0 Å². The number of anilines is 1. The lowest BCUT2D eigenvalue weighted by Gasteiger charge is -2.10. The van der Waals surface area contributed by atoms with Gasteiger partial charge in [-0.25, -0.2) is 8.42 Å². The smallest absolute Gasteiger partial charge is 0.175 e. The molecule has 0 heterocycles. The first-order valence-corrected chi connectivity index (χ1v) is 6.50. The monoisotopic (exact) mass is 229 g/mol.